The molecule has 1 aliphatic heterocycles. The quantitative estimate of drug-likeness (QED) is 0.765. The molecule has 6 nitrogen and oxygen atoms in total. The van der Waals surface area contributed by atoms with Gasteiger partial charge in [-0.1, -0.05) is 15.9 Å². The Hall–Kier alpha value is -2.15. The highest BCUT2D eigenvalue weighted by Crippen LogP contribution is 2.27. The molecule has 2 heterocycles. The molecule has 1 aliphatic rings. The minimum Gasteiger partial charge on any atom is -0.510 e. The SMILES string of the molecule is CC(C)N1CC(O)=C(c2nc3cc(Br)ccc3c(=O)[nH]2)C1=N. The molecule has 0 saturated heterocycles. The van der Waals surface area contributed by atoms with Crippen molar-refractivity contribution in [3.63, 3.8) is 0 Å². The van der Waals surface area contributed by atoms with E-state index in [2.05, 4.69) is 25.9 Å². The first-order valence-corrected chi connectivity index (χ1v) is 7.65. The largest absolute Gasteiger partial charge is 0.510 e. The van der Waals surface area contributed by atoms with Gasteiger partial charge in [-0.15, -0.1) is 0 Å². The number of hydrogen-bond donors (Lipinski definition) is 3. The van der Waals surface area contributed by atoms with E-state index in [1.54, 1.807) is 23.1 Å². The zero-order chi connectivity index (χ0) is 16.0. The van der Waals surface area contributed by atoms with Crippen LogP contribution in [-0.4, -0.2) is 38.4 Å². The van der Waals surface area contributed by atoms with Crippen LogP contribution in [0.2, 0.25) is 0 Å². The number of amidine groups is 1. The second-order valence-corrected chi connectivity index (χ2v) is 6.38. The monoisotopic (exact) mass is 362 g/mol. The lowest BCUT2D eigenvalue weighted by Crippen LogP contribution is -2.33. The van der Waals surface area contributed by atoms with Crippen LogP contribution in [0.1, 0.15) is 19.7 Å². The normalized spacial score (nSPS) is 15.5. The zero-order valence-electron chi connectivity index (χ0n) is 12.1. The Labute approximate surface area is 135 Å². The van der Waals surface area contributed by atoms with Crippen molar-refractivity contribution >= 4 is 38.2 Å². The Kier molecular flexibility index (Phi) is 3.52. The summed E-state index contributed by atoms with van der Waals surface area (Å²) in [5.74, 6) is 0.447. The standard InChI is InChI=1S/C15H15BrN4O2/c1-7(2)20-6-11(21)12(13(20)17)14-18-10-5-8(16)3-4-9(10)15(22)19-14/h3-5,7,17,21H,6H2,1-2H3,(H,18,19,22). The van der Waals surface area contributed by atoms with Crippen LogP contribution in [-0.2, 0) is 0 Å². The summed E-state index contributed by atoms with van der Waals surface area (Å²) in [6.07, 6.45) is 0. The maximum atomic E-state index is 12.2. The van der Waals surface area contributed by atoms with Crippen LogP contribution in [0, 0.1) is 5.41 Å². The number of fused-ring (bicyclic) bond motifs is 1. The molecule has 22 heavy (non-hydrogen) atoms. The third-order valence-corrected chi connectivity index (χ3v) is 4.15. The van der Waals surface area contributed by atoms with Gasteiger partial charge in [0.2, 0.25) is 0 Å². The summed E-state index contributed by atoms with van der Waals surface area (Å²) in [7, 11) is 0. The molecule has 0 atom stereocenters. The van der Waals surface area contributed by atoms with Crippen LogP contribution in [0.4, 0.5) is 0 Å². The van der Waals surface area contributed by atoms with Gasteiger partial charge in [-0.2, -0.15) is 0 Å². The molecular weight excluding hydrogens is 348 g/mol. The first-order chi connectivity index (χ1) is 10.4. The number of nitrogens with one attached hydrogen (secondary N) is 2. The van der Waals surface area contributed by atoms with Crippen LogP contribution < -0.4 is 5.56 Å². The fourth-order valence-electron chi connectivity index (χ4n) is 2.52. The number of aromatic amines is 1. The molecule has 0 fully saturated rings. The van der Waals surface area contributed by atoms with Crippen molar-refractivity contribution in [2.45, 2.75) is 19.9 Å². The van der Waals surface area contributed by atoms with Crippen LogP contribution in [0.15, 0.2) is 33.2 Å². The minimum atomic E-state index is -0.288. The second-order valence-electron chi connectivity index (χ2n) is 5.47. The zero-order valence-corrected chi connectivity index (χ0v) is 13.7. The van der Waals surface area contributed by atoms with Crippen LogP contribution in [0.5, 0.6) is 0 Å². The first-order valence-electron chi connectivity index (χ1n) is 6.86. The highest BCUT2D eigenvalue weighted by atomic mass is 79.9. The molecule has 114 valence electrons. The number of H-pyrrole nitrogens is 1. The van der Waals surface area contributed by atoms with Gasteiger partial charge in [-0.3, -0.25) is 10.2 Å². The predicted molar refractivity (Wildman–Crippen MR) is 89.2 cm³/mol. The smallest absolute Gasteiger partial charge is 0.259 e. The van der Waals surface area contributed by atoms with Crippen LogP contribution in [0.25, 0.3) is 16.5 Å². The maximum absolute atomic E-state index is 12.2. The maximum Gasteiger partial charge on any atom is 0.259 e. The molecule has 1 aromatic heterocycles. The topological polar surface area (TPSA) is 93.1 Å². The average molecular weight is 363 g/mol. The van der Waals surface area contributed by atoms with Gasteiger partial charge in [-0.25, -0.2) is 4.98 Å². The summed E-state index contributed by atoms with van der Waals surface area (Å²) in [5.41, 5.74) is 0.514. The van der Waals surface area contributed by atoms with E-state index >= 15 is 0 Å². The molecule has 0 radical (unpaired) electrons. The van der Waals surface area contributed by atoms with Crippen molar-refractivity contribution < 1.29 is 5.11 Å². The number of rotatable bonds is 2. The second kappa shape index (κ2) is 5.24. The van der Waals surface area contributed by atoms with Gasteiger partial charge in [0.15, 0.2) is 0 Å². The Bertz CT molecular complexity index is 869. The van der Waals surface area contributed by atoms with Gasteiger partial charge in [0.25, 0.3) is 5.56 Å². The molecular formula is C15H15BrN4O2. The summed E-state index contributed by atoms with van der Waals surface area (Å²) < 4.78 is 0.813. The Balaban J connectivity index is 2.17. The third kappa shape index (κ3) is 2.31. The van der Waals surface area contributed by atoms with E-state index in [-0.39, 0.29) is 41.1 Å². The molecule has 1 aromatic carbocycles. The third-order valence-electron chi connectivity index (χ3n) is 3.66. The van der Waals surface area contributed by atoms with Gasteiger partial charge in [0.05, 0.1) is 23.0 Å². The van der Waals surface area contributed by atoms with Gasteiger partial charge >= 0.3 is 0 Å². The van der Waals surface area contributed by atoms with Gasteiger partial charge in [0.1, 0.15) is 17.4 Å². The van der Waals surface area contributed by atoms with E-state index in [1.165, 1.54) is 0 Å². The first kappa shape index (κ1) is 14.8. The van der Waals surface area contributed by atoms with E-state index in [0.29, 0.717) is 10.9 Å². The number of hydrogen-bond acceptors (Lipinski definition) is 4. The average Bonchev–Trinajstić information content (AvgIpc) is 2.73. The lowest BCUT2D eigenvalue weighted by atomic mass is 10.2. The summed E-state index contributed by atoms with van der Waals surface area (Å²) in [5, 5.41) is 18.9. The Morgan fingerprint density at radius 3 is 2.82 bits per heavy atom. The molecule has 0 spiro atoms. The van der Waals surface area contributed by atoms with Gasteiger partial charge < -0.3 is 15.0 Å². The molecule has 2 aromatic rings. The molecule has 0 saturated carbocycles. The number of nitrogens with zero attached hydrogens (tertiary/aromatic N) is 2. The number of benzene rings is 1. The summed E-state index contributed by atoms with van der Waals surface area (Å²) in [6.45, 7) is 4.14. The van der Waals surface area contributed by atoms with Crippen molar-refractivity contribution in [3.8, 4) is 0 Å². The highest BCUT2D eigenvalue weighted by Gasteiger charge is 2.31. The van der Waals surface area contributed by atoms with E-state index in [9.17, 15) is 9.90 Å². The van der Waals surface area contributed by atoms with Crippen molar-refractivity contribution in [1.82, 2.24) is 14.9 Å². The Morgan fingerprint density at radius 1 is 1.45 bits per heavy atom. The summed E-state index contributed by atoms with van der Waals surface area (Å²) in [6, 6.07) is 5.27. The molecule has 0 aliphatic carbocycles. The van der Waals surface area contributed by atoms with Gasteiger partial charge in [0, 0.05) is 10.5 Å². The molecule has 7 heteroatoms. The van der Waals surface area contributed by atoms with E-state index in [0.717, 1.165) is 4.47 Å². The number of aliphatic hydroxyl groups excluding tert-OH is 1. The van der Waals surface area contributed by atoms with Crippen molar-refractivity contribution in [2.75, 3.05) is 6.54 Å². The van der Waals surface area contributed by atoms with Crippen LogP contribution >= 0.6 is 15.9 Å². The minimum absolute atomic E-state index is 0.0520. The van der Waals surface area contributed by atoms with Crippen molar-refractivity contribution in [1.29, 1.82) is 5.41 Å². The Morgan fingerprint density at radius 2 is 2.18 bits per heavy atom. The number of halogens is 1. The molecule has 0 bridgehead atoms. The summed E-state index contributed by atoms with van der Waals surface area (Å²) >= 11 is 3.35. The lowest BCUT2D eigenvalue weighted by molar-refractivity contribution is 0.318. The highest BCUT2D eigenvalue weighted by molar-refractivity contribution is 9.10. The fourth-order valence-corrected chi connectivity index (χ4v) is 2.87. The predicted octanol–water partition coefficient (Wildman–Crippen LogP) is 2.66. The fraction of sp³-hybridized carbons (Fsp3) is 0.267. The summed E-state index contributed by atoms with van der Waals surface area (Å²) in [4.78, 5) is 21.0. The van der Waals surface area contributed by atoms with Crippen molar-refractivity contribution in [3.05, 3.63) is 44.6 Å². The lowest BCUT2D eigenvalue weighted by Gasteiger charge is -2.22. The number of aromatic nitrogens is 2. The van der Waals surface area contributed by atoms with E-state index in [4.69, 9.17) is 5.41 Å². The van der Waals surface area contributed by atoms with E-state index in [1.807, 2.05) is 13.8 Å². The molecule has 0 unspecified atom stereocenters. The number of aliphatic hydroxyl groups is 1. The van der Waals surface area contributed by atoms with E-state index < -0.39 is 0 Å². The molecule has 3 rings (SSSR count). The van der Waals surface area contributed by atoms with Crippen LogP contribution in [0.3, 0.4) is 0 Å². The van der Waals surface area contributed by atoms with Gasteiger partial charge in [-0.05, 0) is 32.0 Å². The molecule has 3 N–H and O–H groups in total. The molecule has 0 amide bonds. The van der Waals surface area contributed by atoms with Crippen molar-refractivity contribution in [2.24, 2.45) is 0 Å².